The number of amides is 2. The van der Waals surface area contributed by atoms with Crippen molar-refractivity contribution in [2.75, 3.05) is 33.4 Å². The van der Waals surface area contributed by atoms with Crippen molar-refractivity contribution in [1.82, 2.24) is 15.2 Å². The monoisotopic (exact) mass is 421 g/mol. The normalized spacial score (nSPS) is 23.2. The van der Waals surface area contributed by atoms with Gasteiger partial charge in [0.25, 0.3) is 0 Å². The van der Waals surface area contributed by atoms with E-state index in [1.807, 2.05) is 35.2 Å². The first-order valence-electron chi connectivity index (χ1n) is 11.1. The van der Waals surface area contributed by atoms with Gasteiger partial charge in [0.05, 0.1) is 11.1 Å². The average Bonchev–Trinajstić information content (AvgIpc) is 2.84. The molecule has 1 atom stereocenters. The van der Waals surface area contributed by atoms with Gasteiger partial charge in [0.1, 0.15) is 5.41 Å². The quantitative estimate of drug-likeness (QED) is 0.824. The summed E-state index contributed by atoms with van der Waals surface area (Å²) >= 11 is 0. The van der Waals surface area contributed by atoms with Crippen LogP contribution in [0, 0.1) is 6.92 Å². The van der Waals surface area contributed by atoms with E-state index in [1.165, 1.54) is 0 Å². The molecule has 1 aromatic heterocycles. The van der Waals surface area contributed by atoms with Gasteiger partial charge in [0.15, 0.2) is 0 Å². The first kappa shape index (κ1) is 21.5. The molecule has 1 aromatic carbocycles. The van der Waals surface area contributed by atoms with Gasteiger partial charge in [-0.05, 0) is 55.9 Å². The van der Waals surface area contributed by atoms with Gasteiger partial charge in [-0.1, -0.05) is 30.3 Å². The molecule has 2 aliphatic rings. The van der Waals surface area contributed by atoms with Crippen LogP contribution in [-0.4, -0.2) is 55.0 Å². The third-order valence-electron chi connectivity index (χ3n) is 7.01. The second kappa shape index (κ2) is 8.79. The Balaban J connectivity index is 1.73. The Morgan fingerprint density at radius 3 is 2.45 bits per heavy atom. The molecule has 31 heavy (non-hydrogen) atoms. The summed E-state index contributed by atoms with van der Waals surface area (Å²) in [5.74, 6) is 0.0228. The molecule has 0 radical (unpaired) electrons. The fraction of sp³-hybridized carbons (Fsp3) is 0.480. The second-order valence-electron chi connectivity index (χ2n) is 8.72. The lowest BCUT2D eigenvalue weighted by Crippen LogP contribution is -2.59. The molecule has 2 aromatic rings. The number of pyridine rings is 1. The summed E-state index contributed by atoms with van der Waals surface area (Å²) in [6.07, 6.45) is 4.46. The zero-order chi connectivity index (χ0) is 21.9. The van der Waals surface area contributed by atoms with E-state index < -0.39 is 10.8 Å². The van der Waals surface area contributed by atoms with Crippen molar-refractivity contribution >= 4 is 11.8 Å². The van der Waals surface area contributed by atoms with Crippen molar-refractivity contribution in [3.8, 4) is 0 Å². The van der Waals surface area contributed by atoms with Crippen LogP contribution in [0.3, 0.4) is 0 Å². The SMILES string of the molecule is CNC(=O)[C@@]1(c2ccccn2)CCCN(C(=O)C2(c3ccccc3C)CCOCC2)C1. The number of likely N-dealkylation sites (N-methyl/N-ethyl adjacent to an activating group) is 1. The number of carbonyl (C=O) groups is 2. The fourth-order valence-corrected chi connectivity index (χ4v) is 5.36. The second-order valence-corrected chi connectivity index (χ2v) is 8.72. The molecular weight excluding hydrogens is 390 g/mol. The Hall–Kier alpha value is -2.73. The molecule has 0 spiro atoms. The lowest BCUT2D eigenvalue weighted by atomic mass is 9.70. The highest BCUT2D eigenvalue weighted by molar-refractivity contribution is 5.92. The van der Waals surface area contributed by atoms with Gasteiger partial charge in [-0.3, -0.25) is 14.6 Å². The maximum Gasteiger partial charge on any atom is 0.233 e. The van der Waals surface area contributed by atoms with Crippen LogP contribution in [0.2, 0.25) is 0 Å². The molecule has 1 N–H and O–H groups in total. The molecule has 164 valence electrons. The van der Waals surface area contributed by atoms with Crippen LogP contribution in [0.1, 0.15) is 42.5 Å². The zero-order valence-electron chi connectivity index (χ0n) is 18.4. The van der Waals surface area contributed by atoms with Crippen LogP contribution >= 0.6 is 0 Å². The number of hydrogen-bond donors (Lipinski definition) is 1. The Kier molecular flexibility index (Phi) is 6.10. The highest BCUT2D eigenvalue weighted by Crippen LogP contribution is 2.41. The molecule has 0 aliphatic carbocycles. The van der Waals surface area contributed by atoms with Gasteiger partial charge in [0.2, 0.25) is 11.8 Å². The van der Waals surface area contributed by atoms with Crippen LogP contribution < -0.4 is 5.32 Å². The predicted molar refractivity (Wildman–Crippen MR) is 119 cm³/mol. The number of rotatable bonds is 4. The van der Waals surface area contributed by atoms with Crippen molar-refractivity contribution in [3.63, 3.8) is 0 Å². The van der Waals surface area contributed by atoms with E-state index in [4.69, 9.17) is 4.74 Å². The summed E-state index contributed by atoms with van der Waals surface area (Å²) < 4.78 is 5.64. The molecule has 4 rings (SSSR count). The predicted octanol–water partition coefficient (Wildman–Crippen LogP) is 2.74. The first-order chi connectivity index (χ1) is 15.0. The van der Waals surface area contributed by atoms with E-state index in [2.05, 4.69) is 29.4 Å². The summed E-state index contributed by atoms with van der Waals surface area (Å²) in [5, 5.41) is 2.83. The molecular formula is C25H31N3O3. The molecule has 6 heteroatoms. The van der Waals surface area contributed by atoms with E-state index >= 15 is 0 Å². The van der Waals surface area contributed by atoms with Crippen molar-refractivity contribution < 1.29 is 14.3 Å². The molecule has 2 saturated heterocycles. The molecule has 3 heterocycles. The number of nitrogens with one attached hydrogen (secondary N) is 1. The maximum absolute atomic E-state index is 14.2. The Morgan fingerprint density at radius 1 is 1.03 bits per heavy atom. The average molecular weight is 422 g/mol. The van der Waals surface area contributed by atoms with Crippen molar-refractivity contribution in [3.05, 3.63) is 65.5 Å². The van der Waals surface area contributed by atoms with Gasteiger partial charge in [0, 0.05) is 39.5 Å². The van der Waals surface area contributed by atoms with Crippen molar-refractivity contribution in [1.29, 1.82) is 0 Å². The number of piperidine rings is 1. The minimum Gasteiger partial charge on any atom is -0.381 e. The van der Waals surface area contributed by atoms with E-state index in [-0.39, 0.29) is 11.8 Å². The largest absolute Gasteiger partial charge is 0.381 e. The number of nitrogens with zero attached hydrogens (tertiary/aromatic N) is 2. The standard InChI is InChI=1S/C25H31N3O3/c1-19-8-3-4-9-20(19)24(12-16-31-17-13-24)23(30)28-15-7-11-25(18-28,22(29)26-2)21-10-5-6-14-27-21/h3-6,8-10,14H,7,11-13,15-18H2,1-2H3,(H,26,29)/t25-/m0/s1. The number of aryl methyl sites for hydroxylation is 1. The molecule has 2 amide bonds. The van der Waals surface area contributed by atoms with E-state index in [0.29, 0.717) is 45.6 Å². The Bertz CT molecular complexity index is 940. The highest BCUT2D eigenvalue weighted by atomic mass is 16.5. The summed E-state index contributed by atoms with van der Waals surface area (Å²) in [5.41, 5.74) is 1.49. The van der Waals surface area contributed by atoms with E-state index in [9.17, 15) is 9.59 Å². The summed E-state index contributed by atoms with van der Waals surface area (Å²) in [4.78, 5) is 33.7. The molecule has 0 bridgehead atoms. The maximum atomic E-state index is 14.2. The van der Waals surface area contributed by atoms with Gasteiger partial charge in [-0.2, -0.15) is 0 Å². The smallest absolute Gasteiger partial charge is 0.233 e. The number of aromatic nitrogens is 1. The first-order valence-corrected chi connectivity index (χ1v) is 11.1. The fourth-order valence-electron chi connectivity index (χ4n) is 5.36. The zero-order valence-corrected chi connectivity index (χ0v) is 18.4. The highest BCUT2D eigenvalue weighted by Gasteiger charge is 2.50. The summed E-state index contributed by atoms with van der Waals surface area (Å²) in [7, 11) is 1.65. The van der Waals surface area contributed by atoms with E-state index in [1.54, 1.807) is 13.2 Å². The number of benzene rings is 1. The van der Waals surface area contributed by atoms with Gasteiger partial charge in [-0.15, -0.1) is 0 Å². The molecule has 2 fully saturated rings. The third-order valence-corrected chi connectivity index (χ3v) is 7.01. The minimum absolute atomic E-state index is 0.0828. The number of hydrogen-bond acceptors (Lipinski definition) is 4. The van der Waals surface area contributed by atoms with Gasteiger partial charge < -0.3 is 15.0 Å². The van der Waals surface area contributed by atoms with Crippen molar-refractivity contribution in [2.24, 2.45) is 0 Å². The lowest BCUT2D eigenvalue weighted by Gasteiger charge is -2.46. The van der Waals surface area contributed by atoms with Crippen LogP contribution in [0.25, 0.3) is 0 Å². The van der Waals surface area contributed by atoms with E-state index in [0.717, 1.165) is 23.2 Å². The molecule has 6 nitrogen and oxygen atoms in total. The minimum atomic E-state index is -0.831. The molecule has 0 saturated carbocycles. The van der Waals surface area contributed by atoms with Crippen LogP contribution in [-0.2, 0) is 25.2 Å². The third kappa shape index (κ3) is 3.74. The molecule has 0 unspecified atom stereocenters. The number of likely N-dealkylation sites (tertiary alicyclic amines) is 1. The number of ether oxygens (including phenoxy) is 1. The van der Waals surface area contributed by atoms with Gasteiger partial charge in [-0.25, -0.2) is 0 Å². The molecule has 2 aliphatic heterocycles. The van der Waals surface area contributed by atoms with Crippen LogP contribution in [0.15, 0.2) is 48.7 Å². The topological polar surface area (TPSA) is 71.5 Å². The van der Waals surface area contributed by atoms with Crippen LogP contribution in [0.5, 0.6) is 0 Å². The van der Waals surface area contributed by atoms with Crippen LogP contribution in [0.4, 0.5) is 0 Å². The lowest BCUT2D eigenvalue weighted by molar-refractivity contribution is -0.145. The van der Waals surface area contributed by atoms with Crippen molar-refractivity contribution in [2.45, 2.75) is 43.4 Å². The summed E-state index contributed by atoms with van der Waals surface area (Å²) in [6.45, 7) is 4.19. The van der Waals surface area contributed by atoms with Gasteiger partial charge >= 0.3 is 0 Å². The Labute approximate surface area is 184 Å². The Morgan fingerprint density at radius 2 is 1.77 bits per heavy atom. The summed E-state index contributed by atoms with van der Waals surface area (Å²) in [6, 6.07) is 13.8. The number of carbonyl (C=O) groups excluding carboxylic acids is 2.